The van der Waals surface area contributed by atoms with Crippen LogP contribution in [0, 0.1) is 0 Å². The number of phenols is 1. The topological polar surface area (TPSA) is 29.5 Å². The van der Waals surface area contributed by atoms with Gasteiger partial charge in [-0.2, -0.15) is 0 Å². The van der Waals surface area contributed by atoms with Crippen molar-refractivity contribution in [1.29, 1.82) is 0 Å². The predicted octanol–water partition coefficient (Wildman–Crippen LogP) is 4.66. The van der Waals surface area contributed by atoms with Crippen LogP contribution in [0.4, 0.5) is 0 Å². The fourth-order valence-electron chi connectivity index (χ4n) is 2.02. The number of hydrogen-bond acceptors (Lipinski definition) is 2. The van der Waals surface area contributed by atoms with Crippen LogP contribution < -0.4 is 4.74 Å². The van der Waals surface area contributed by atoms with Crippen LogP contribution in [0.5, 0.6) is 11.5 Å². The van der Waals surface area contributed by atoms with Gasteiger partial charge in [-0.25, -0.2) is 0 Å². The second-order valence-corrected chi connectivity index (χ2v) is 5.72. The molecule has 0 atom stereocenters. The first-order valence-corrected chi connectivity index (χ1v) is 7.02. The summed E-state index contributed by atoms with van der Waals surface area (Å²) < 4.78 is 5.74. The summed E-state index contributed by atoms with van der Waals surface area (Å²) in [5.74, 6) is 1.12. The third-order valence-electron chi connectivity index (χ3n) is 3.84. The van der Waals surface area contributed by atoms with Gasteiger partial charge in [0.1, 0.15) is 18.1 Å². The number of benzene rings is 2. The number of hydrogen-bond donors (Lipinski definition) is 1. The maximum atomic E-state index is 9.41. The summed E-state index contributed by atoms with van der Waals surface area (Å²) in [6, 6.07) is 15.4. The Morgan fingerprint density at radius 1 is 1.05 bits per heavy atom. The van der Waals surface area contributed by atoms with Crippen LogP contribution in [0.2, 0.25) is 0 Å². The smallest absolute Gasteiger partial charge is 0.119 e. The average molecular weight is 270 g/mol. The van der Waals surface area contributed by atoms with Gasteiger partial charge in [-0.3, -0.25) is 0 Å². The monoisotopic (exact) mass is 270 g/mol. The van der Waals surface area contributed by atoms with Crippen LogP contribution >= 0.6 is 0 Å². The molecule has 20 heavy (non-hydrogen) atoms. The maximum absolute atomic E-state index is 9.41. The zero-order chi connectivity index (χ0) is 14.6. The van der Waals surface area contributed by atoms with E-state index in [0.717, 1.165) is 17.7 Å². The van der Waals surface area contributed by atoms with Gasteiger partial charge in [-0.15, -0.1) is 0 Å². The summed E-state index contributed by atoms with van der Waals surface area (Å²) in [4.78, 5) is 0. The molecule has 0 aliphatic rings. The molecule has 0 amide bonds. The Labute approximate surface area is 121 Å². The standard InChI is InChI=1S/C18H22O2/c1-4-18(2,3)15-8-10-17(11-9-15)20-13-14-6-5-7-16(19)12-14/h5-12,19H,4,13H2,1-3H3. The van der Waals surface area contributed by atoms with Gasteiger partial charge in [0, 0.05) is 0 Å². The van der Waals surface area contributed by atoms with E-state index in [1.807, 2.05) is 24.3 Å². The van der Waals surface area contributed by atoms with E-state index in [1.165, 1.54) is 5.56 Å². The Morgan fingerprint density at radius 3 is 2.35 bits per heavy atom. The third-order valence-corrected chi connectivity index (χ3v) is 3.84. The zero-order valence-corrected chi connectivity index (χ0v) is 12.4. The molecule has 2 nitrogen and oxygen atoms in total. The minimum atomic E-state index is 0.198. The predicted molar refractivity (Wildman–Crippen MR) is 82.2 cm³/mol. The highest BCUT2D eigenvalue weighted by Gasteiger charge is 2.17. The molecule has 0 fully saturated rings. The summed E-state index contributed by atoms with van der Waals surface area (Å²) in [5, 5.41) is 9.41. The van der Waals surface area contributed by atoms with Crippen molar-refractivity contribution in [3.63, 3.8) is 0 Å². The van der Waals surface area contributed by atoms with Gasteiger partial charge < -0.3 is 9.84 Å². The molecule has 0 heterocycles. The fraction of sp³-hybridized carbons (Fsp3) is 0.333. The maximum Gasteiger partial charge on any atom is 0.119 e. The number of ether oxygens (including phenoxy) is 1. The van der Waals surface area contributed by atoms with Crippen LogP contribution in [0.15, 0.2) is 48.5 Å². The van der Waals surface area contributed by atoms with Gasteiger partial charge >= 0.3 is 0 Å². The fourth-order valence-corrected chi connectivity index (χ4v) is 2.02. The first-order chi connectivity index (χ1) is 9.51. The molecular weight excluding hydrogens is 248 g/mol. The zero-order valence-electron chi connectivity index (χ0n) is 12.4. The molecule has 0 bridgehead atoms. The van der Waals surface area contributed by atoms with E-state index in [9.17, 15) is 5.11 Å². The molecule has 0 spiro atoms. The summed E-state index contributed by atoms with van der Waals surface area (Å²) in [6.45, 7) is 7.16. The first-order valence-electron chi connectivity index (χ1n) is 7.02. The summed E-state index contributed by atoms with van der Waals surface area (Å²) in [7, 11) is 0. The van der Waals surface area contributed by atoms with Crippen LogP contribution in [0.25, 0.3) is 0 Å². The van der Waals surface area contributed by atoms with Crippen LogP contribution in [0.3, 0.4) is 0 Å². The van der Waals surface area contributed by atoms with Gasteiger partial charge in [0.05, 0.1) is 0 Å². The third kappa shape index (κ3) is 3.53. The average Bonchev–Trinajstić information content (AvgIpc) is 2.46. The molecule has 0 radical (unpaired) electrons. The molecule has 106 valence electrons. The van der Waals surface area contributed by atoms with Crippen molar-refractivity contribution in [3.05, 3.63) is 59.7 Å². The Balaban J connectivity index is 2.01. The molecule has 0 aromatic heterocycles. The number of rotatable bonds is 5. The van der Waals surface area contributed by atoms with Crippen LogP contribution in [0.1, 0.15) is 38.3 Å². The molecule has 2 aromatic rings. The second-order valence-electron chi connectivity index (χ2n) is 5.72. The Morgan fingerprint density at radius 2 is 1.75 bits per heavy atom. The van der Waals surface area contributed by atoms with E-state index in [2.05, 4.69) is 32.9 Å². The van der Waals surface area contributed by atoms with Crippen molar-refractivity contribution in [2.75, 3.05) is 0 Å². The van der Waals surface area contributed by atoms with Crippen molar-refractivity contribution >= 4 is 0 Å². The lowest BCUT2D eigenvalue weighted by molar-refractivity contribution is 0.305. The molecular formula is C18H22O2. The minimum absolute atomic E-state index is 0.198. The quantitative estimate of drug-likeness (QED) is 0.856. The highest BCUT2D eigenvalue weighted by Crippen LogP contribution is 2.28. The van der Waals surface area contributed by atoms with Gasteiger partial charge in [-0.05, 0) is 47.2 Å². The molecule has 2 rings (SSSR count). The molecule has 0 aliphatic heterocycles. The normalized spacial score (nSPS) is 11.3. The summed E-state index contributed by atoms with van der Waals surface area (Å²) in [6.07, 6.45) is 1.11. The van der Waals surface area contributed by atoms with Crippen molar-refractivity contribution in [3.8, 4) is 11.5 Å². The summed E-state index contributed by atoms with van der Waals surface area (Å²) in [5.41, 5.74) is 2.48. The highest BCUT2D eigenvalue weighted by molar-refractivity contribution is 5.32. The van der Waals surface area contributed by atoms with Crippen LogP contribution in [-0.4, -0.2) is 5.11 Å². The Bertz CT molecular complexity index is 556. The first kappa shape index (κ1) is 14.4. The van der Waals surface area contributed by atoms with Gasteiger partial charge in [0.2, 0.25) is 0 Å². The molecule has 0 saturated carbocycles. The number of aromatic hydroxyl groups is 1. The Hall–Kier alpha value is -1.96. The summed E-state index contributed by atoms with van der Waals surface area (Å²) >= 11 is 0. The van der Waals surface area contributed by atoms with Gasteiger partial charge in [-0.1, -0.05) is 45.0 Å². The lowest BCUT2D eigenvalue weighted by Gasteiger charge is -2.23. The van der Waals surface area contributed by atoms with Crippen LogP contribution in [-0.2, 0) is 12.0 Å². The Kier molecular flexibility index (Phi) is 4.33. The minimum Gasteiger partial charge on any atom is -0.508 e. The number of phenolic OH excluding ortho intramolecular Hbond substituents is 1. The lowest BCUT2D eigenvalue weighted by atomic mass is 9.82. The van der Waals surface area contributed by atoms with E-state index >= 15 is 0 Å². The highest BCUT2D eigenvalue weighted by atomic mass is 16.5. The van der Waals surface area contributed by atoms with E-state index in [0.29, 0.717) is 6.61 Å². The lowest BCUT2D eigenvalue weighted by Crippen LogP contribution is -2.15. The molecule has 2 heteroatoms. The van der Waals surface area contributed by atoms with E-state index in [1.54, 1.807) is 12.1 Å². The van der Waals surface area contributed by atoms with E-state index < -0.39 is 0 Å². The largest absolute Gasteiger partial charge is 0.508 e. The van der Waals surface area contributed by atoms with Gasteiger partial charge in [0.25, 0.3) is 0 Å². The molecule has 2 aromatic carbocycles. The molecule has 1 N–H and O–H groups in total. The van der Waals surface area contributed by atoms with Crippen molar-refractivity contribution < 1.29 is 9.84 Å². The van der Waals surface area contributed by atoms with Crippen molar-refractivity contribution in [2.24, 2.45) is 0 Å². The van der Waals surface area contributed by atoms with E-state index in [4.69, 9.17) is 4.74 Å². The van der Waals surface area contributed by atoms with Gasteiger partial charge in [0.15, 0.2) is 0 Å². The van der Waals surface area contributed by atoms with E-state index in [-0.39, 0.29) is 11.2 Å². The SMILES string of the molecule is CCC(C)(C)c1ccc(OCc2cccc(O)c2)cc1. The van der Waals surface area contributed by atoms with Crippen molar-refractivity contribution in [1.82, 2.24) is 0 Å². The second kappa shape index (κ2) is 6.00. The molecule has 0 saturated heterocycles. The molecule has 0 unspecified atom stereocenters. The molecule has 0 aliphatic carbocycles. The van der Waals surface area contributed by atoms with Crippen molar-refractivity contribution in [2.45, 2.75) is 39.2 Å².